The second kappa shape index (κ2) is 9.78. The Morgan fingerprint density at radius 2 is 1.64 bits per heavy atom. The van der Waals surface area contributed by atoms with Crippen LogP contribution in [0.5, 0.6) is 0 Å². The van der Waals surface area contributed by atoms with Crippen molar-refractivity contribution in [1.82, 2.24) is 10.2 Å². The minimum atomic E-state index is -0.0396. The monoisotopic (exact) mass is 365 g/mol. The molecule has 2 amide bonds. The van der Waals surface area contributed by atoms with E-state index in [0.29, 0.717) is 12.1 Å². The lowest BCUT2D eigenvalue weighted by Crippen LogP contribution is -2.31. The van der Waals surface area contributed by atoms with Crippen molar-refractivity contribution in [3.8, 4) is 0 Å². The largest absolute Gasteiger partial charge is 0.339 e. The van der Waals surface area contributed by atoms with Gasteiger partial charge in [0.2, 0.25) is 5.91 Å². The van der Waals surface area contributed by atoms with Crippen LogP contribution in [0.4, 0.5) is 5.69 Å². The van der Waals surface area contributed by atoms with Gasteiger partial charge in [-0.15, -0.1) is 12.4 Å². The number of nitrogens with zero attached hydrogens (tertiary/aromatic N) is 1. The molecule has 2 fully saturated rings. The smallest absolute Gasteiger partial charge is 0.253 e. The van der Waals surface area contributed by atoms with Crippen LogP contribution in [-0.4, -0.2) is 42.9 Å². The van der Waals surface area contributed by atoms with Gasteiger partial charge in [-0.05, 0) is 62.4 Å². The van der Waals surface area contributed by atoms with Gasteiger partial charge in [-0.3, -0.25) is 9.59 Å². The second-order valence-electron chi connectivity index (χ2n) is 6.91. The number of amides is 2. The van der Waals surface area contributed by atoms with Crippen LogP contribution in [0.15, 0.2) is 24.3 Å². The zero-order valence-electron chi connectivity index (χ0n) is 14.6. The summed E-state index contributed by atoms with van der Waals surface area (Å²) < 4.78 is 0. The molecular weight excluding hydrogens is 338 g/mol. The van der Waals surface area contributed by atoms with Crippen LogP contribution in [0.2, 0.25) is 0 Å². The molecule has 1 aromatic rings. The SMILES string of the molecule is Cl.O=C(CNCC1CC1)Nc1ccc(C(=O)N2CCCCCC2)cc1. The Labute approximate surface area is 155 Å². The molecule has 0 radical (unpaired) electrons. The molecule has 0 bridgehead atoms. The van der Waals surface area contributed by atoms with Crippen LogP contribution in [-0.2, 0) is 4.79 Å². The van der Waals surface area contributed by atoms with Crippen molar-refractivity contribution in [2.24, 2.45) is 5.92 Å². The summed E-state index contributed by atoms with van der Waals surface area (Å²) in [6, 6.07) is 7.23. The third-order valence-electron chi connectivity index (χ3n) is 4.72. The molecule has 1 saturated heterocycles. The van der Waals surface area contributed by atoms with E-state index in [1.807, 2.05) is 17.0 Å². The summed E-state index contributed by atoms with van der Waals surface area (Å²) in [6.07, 6.45) is 7.16. The highest BCUT2D eigenvalue weighted by molar-refractivity contribution is 5.96. The normalized spacial score (nSPS) is 17.4. The average Bonchev–Trinajstić information content (AvgIpc) is 3.42. The van der Waals surface area contributed by atoms with Crippen molar-refractivity contribution in [1.29, 1.82) is 0 Å². The number of nitrogens with one attached hydrogen (secondary N) is 2. The molecule has 1 aromatic carbocycles. The first-order valence-corrected chi connectivity index (χ1v) is 9.12. The molecule has 3 rings (SSSR count). The maximum absolute atomic E-state index is 12.5. The molecule has 1 aliphatic carbocycles. The first-order chi connectivity index (χ1) is 11.7. The number of halogens is 1. The van der Waals surface area contributed by atoms with E-state index in [1.165, 1.54) is 25.7 Å². The summed E-state index contributed by atoms with van der Waals surface area (Å²) in [4.78, 5) is 26.3. The fourth-order valence-corrected chi connectivity index (χ4v) is 3.07. The molecule has 138 valence electrons. The van der Waals surface area contributed by atoms with Gasteiger partial charge in [-0.2, -0.15) is 0 Å². The van der Waals surface area contributed by atoms with E-state index in [9.17, 15) is 9.59 Å². The molecule has 1 heterocycles. The highest BCUT2D eigenvalue weighted by Gasteiger charge is 2.20. The number of rotatable bonds is 6. The molecule has 1 saturated carbocycles. The second-order valence-corrected chi connectivity index (χ2v) is 6.91. The predicted octanol–water partition coefficient (Wildman–Crippen LogP) is 3.06. The Hall–Kier alpha value is -1.59. The van der Waals surface area contributed by atoms with Crippen molar-refractivity contribution < 1.29 is 9.59 Å². The molecule has 0 atom stereocenters. The number of benzene rings is 1. The van der Waals surface area contributed by atoms with Gasteiger partial charge in [0.1, 0.15) is 0 Å². The summed E-state index contributed by atoms with van der Waals surface area (Å²) in [5, 5.41) is 6.04. The van der Waals surface area contributed by atoms with E-state index in [0.717, 1.165) is 44.1 Å². The van der Waals surface area contributed by atoms with Crippen LogP contribution >= 0.6 is 12.4 Å². The van der Waals surface area contributed by atoms with Gasteiger partial charge in [-0.25, -0.2) is 0 Å². The third kappa shape index (κ3) is 6.33. The highest BCUT2D eigenvalue weighted by atomic mass is 35.5. The first kappa shape index (κ1) is 19.7. The maximum atomic E-state index is 12.5. The molecule has 0 unspecified atom stereocenters. The Morgan fingerprint density at radius 1 is 1.00 bits per heavy atom. The summed E-state index contributed by atoms with van der Waals surface area (Å²) in [5.74, 6) is 0.824. The number of anilines is 1. The zero-order chi connectivity index (χ0) is 16.8. The maximum Gasteiger partial charge on any atom is 0.253 e. The number of carbonyl (C=O) groups excluding carboxylic acids is 2. The standard InChI is InChI=1S/C19H27N3O2.ClH/c23-18(14-20-13-15-5-6-15)21-17-9-7-16(8-10-17)19(24)22-11-3-1-2-4-12-22;/h7-10,15,20H,1-6,11-14H2,(H,21,23);1H. The number of hydrogen-bond acceptors (Lipinski definition) is 3. The predicted molar refractivity (Wildman–Crippen MR) is 102 cm³/mol. The number of hydrogen-bond donors (Lipinski definition) is 2. The molecule has 0 aromatic heterocycles. The van der Waals surface area contributed by atoms with Crippen LogP contribution in [0.25, 0.3) is 0 Å². The highest BCUT2D eigenvalue weighted by Crippen LogP contribution is 2.27. The van der Waals surface area contributed by atoms with Crippen molar-refractivity contribution in [2.75, 3.05) is 31.5 Å². The zero-order valence-corrected chi connectivity index (χ0v) is 15.4. The minimum Gasteiger partial charge on any atom is -0.339 e. The fraction of sp³-hybridized carbons (Fsp3) is 0.579. The number of likely N-dealkylation sites (tertiary alicyclic amines) is 1. The van der Waals surface area contributed by atoms with E-state index in [-0.39, 0.29) is 24.2 Å². The van der Waals surface area contributed by atoms with Crippen LogP contribution in [0.3, 0.4) is 0 Å². The molecular formula is C19H28ClN3O2. The van der Waals surface area contributed by atoms with Crippen molar-refractivity contribution in [2.45, 2.75) is 38.5 Å². The van der Waals surface area contributed by atoms with E-state index in [4.69, 9.17) is 0 Å². The lowest BCUT2D eigenvalue weighted by atomic mass is 10.1. The molecule has 6 heteroatoms. The fourth-order valence-electron chi connectivity index (χ4n) is 3.07. The summed E-state index contributed by atoms with van der Waals surface area (Å²) in [6.45, 7) is 2.97. The van der Waals surface area contributed by atoms with Gasteiger partial charge in [0.05, 0.1) is 6.54 Å². The van der Waals surface area contributed by atoms with Crippen molar-refractivity contribution >= 4 is 29.9 Å². The van der Waals surface area contributed by atoms with Crippen molar-refractivity contribution in [3.63, 3.8) is 0 Å². The van der Waals surface area contributed by atoms with Gasteiger partial charge in [0.15, 0.2) is 0 Å². The van der Waals surface area contributed by atoms with Gasteiger partial charge in [-0.1, -0.05) is 12.8 Å². The van der Waals surface area contributed by atoms with E-state index < -0.39 is 0 Å². The Balaban J connectivity index is 0.00000225. The van der Waals surface area contributed by atoms with Gasteiger partial charge in [0.25, 0.3) is 5.91 Å². The van der Waals surface area contributed by atoms with E-state index in [2.05, 4.69) is 10.6 Å². The lowest BCUT2D eigenvalue weighted by Gasteiger charge is -2.20. The molecule has 25 heavy (non-hydrogen) atoms. The summed E-state index contributed by atoms with van der Waals surface area (Å²) in [7, 11) is 0. The van der Waals surface area contributed by atoms with Crippen molar-refractivity contribution in [3.05, 3.63) is 29.8 Å². The minimum absolute atomic E-state index is 0. The van der Waals surface area contributed by atoms with Crippen LogP contribution in [0.1, 0.15) is 48.9 Å². The number of carbonyl (C=O) groups is 2. The lowest BCUT2D eigenvalue weighted by molar-refractivity contribution is -0.115. The Bertz CT molecular complexity index is 565. The molecule has 2 N–H and O–H groups in total. The van der Waals surface area contributed by atoms with Gasteiger partial charge in [0, 0.05) is 24.3 Å². The molecule has 2 aliphatic rings. The Morgan fingerprint density at radius 3 is 2.24 bits per heavy atom. The average molecular weight is 366 g/mol. The topological polar surface area (TPSA) is 61.4 Å². The van der Waals surface area contributed by atoms with E-state index >= 15 is 0 Å². The van der Waals surface area contributed by atoms with Crippen LogP contribution < -0.4 is 10.6 Å². The molecule has 5 nitrogen and oxygen atoms in total. The molecule has 1 aliphatic heterocycles. The van der Waals surface area contributed by atoms with E-state index in [1.54, 1.807) is 12.1 Å². The van der Waals surface area contributed by atoms with Gasteiger partial charge >= 0.3 is 0 Å². The first-order valence-electron chi connectivity index (χ1n) is 9.12. The summed E-state index contributed by atoms with van der Waals surface area (Å²) in [5.41, 5.74) is 1.43. The molecule has 0 spiro atoms. The third-order valence-corrected chi connectivity index (χ3v) is 4.72. The summed E-state index contributed by atoms with van der Waals surface area (Å²) >= 11 is 0. The Kier molecular flexibility index (Phi) is 7.72. The van der Waals surface area contributed by atoms with Gasteiger partial charge < -0.3 is 15.5 Å². The van der Waals surface area contributed by atoms with Crippen LogP contribution in [0, 0.1) is 5.92 Å². The quantitative estimate of drug-likeness (QED) is 0.814.